The summed E-state index contributed by atoms with van der Waals surface area (Å²) in [6.45, 7) is 6.40. The van der Waals surface area contributed by atoms with Gasteiger partial charge in [0.25, 0.3) is 0 Å². The molecule has 0 bridgehead atoms. The van der Waals surface area contributed by atoms with E-state index in [9.17, 15) is 8.42 Å². The van der Waals surface area contributed by atoms with E-state index in [1.54, 1.807) is 6.07 Å². The van der Waals surface area contributed by atoms with Crippen LogP contribution in [0.1, 0.15) is 26.5 Å². The first-order valence-electron chi connectivity index (χ1n) is 5.01. The smallest absolute Gasteiger partial charge is 0.149 e. The lowest BCUT2D eigenvalue weighted by Crippen LogP contribution is -2.15. The summed E-state index contributed by atoms with van der Waals surface area (Å²) >= 11 is 5.99. The molecule has 0 unspecified atom stereocenters. The second-order valence-corrected chi connectivity index (χ2v) is 7.60. The third-order valence-corrected chi connectivity index (χ3v) is 3.40. The topological polar surface area (TPSA) is 52.0 Å². The largest absolute Gasteiger partial charge is 0.253 e. The Kier molecular flexibility index (Phi) is 3.69. The van der Waals surface area contributed by atoms with Crippen molar-refractivity contribution in [3.05, 3.63) is 16.9 Å². The molecule has 0 fully saturated rings. The fourth-order valence-corrected chi connectivity index (χ4v) is 1.90. The second kappa shape index (κ2) is 4.37. The molecule has 0 N–H and O–H groups in total. The lowest BCUT2D eigenvalue weighted by molar-refractivity contribution is 0.538. The number of nitrogens with zero attached hydrogens (tertiary/aromatic N) is 2. The van der Waals surface area contributed by atoms with Gasteiger partial charge in [0.05, 0.1) is 18.0 Å². The van der Waals surface area contributed by atoms with Crippen LogP contribution in [0.15, 0.2) is 6.07 Å². The molecule has 0 saturated heterocycles. The Morgan fingerprint density at radius 3 is 2.38 bits per heavy atom. The normalized spacial score (nSPS) is 13.1. The highest BCUT2D eigenvalue weighted by Crippen LogP contribution is 2.23. The van der Waals surface area contributed by atoms with Gasteiger partial charge < -0.3 is 0 Å². The summed E-state index contributed by atoms with van der Waals surface area (Å²) < 4.78 is 23.6. The van der Waals surface area contributed by atoms with Gasteiger partial charge in [0.1, 0.15) is 15.0 Å². The summed E-state index contributed by atoms with van der Waals surface area (Å²) in [4.78, 5) is 0. The highest BCUT2D eigenvalue weighted by atomic mass is 35.5. The maximum Gasteiger partial charge on any atom is 0.149 e. The third-order valence-electron chi connectivity index (χ3n) is 2.17. The molecule has 1 rings (SSSR count). The molecule has 0 aromatic carbocycles. The van der Waals surface area contributed by atoms with Gasteiger partial charge in [0.2, 0.25) is 0 Å². The number of aryl methyl sites for hydroxylation is 1. The van der Waals surface area contributed by atoms with Gasteiger partial charge in [-0.3, -0.25) is 4.68 Å². The maximum atomic E-state index is 11.0. The van der Waals surface area contributed by atoms with Crippen LogP contribution in [0.2, 0.25) is 5.15 Å². The minimum absolute atomic E-state index is 0.0536. The van der Waals surface area contributed by atoms with Crippen LogP contribution in [0.5, 0.6) is 0 Å². The number of sulfone groups is 1. The van der Waals surface area contributed by atoms with Crippen LogP contribution in [-0.2, 0) is 21.8 Å². The first-order chi connectivity index (χ1) is 7.09. The Morgan fingerprint density at radius 2 is 2.00 bits per heavy atom. The first-order valence-corrected chi connectivity index (χ1v) is 7.45. The summed E-state index contributed by atoms with van der Waals surface area (Å²) in [6.07, 6.45) is 1.20. The van der Waals surface area contributed by atoms with Crippen molar-refractivity contribution in [3.63, 3.8) is 0 Å². The minimum atomic E-state index is -2.98. The average Bonchev–Trinajstić information content (AvgIpc) is 2.41. The lowest BCUT2D eigenvalue weighted by atomic mass is 9.93. The van der Waals surface area contributed by atoms with E-state index in [-0.39, 0.29) is 11.2 Å². The zero-order valence-corrected chi connectivity index (χ0v) is 11.6. The molecule has 0 aliphatic heterocycles. The molecular weight excluding hydrogens is 248 g/mol. The summed E-state index contributed by atoms with van der Waals surface area (Å²) in [6, 6.07) is 1.78. The summed E-state index contributed by atoms with van der Waals surface area (Å²) in [5.74, 6) is 0.0536. The lowest BCUT2D eigenvalue weighted by Gasteiger charge is -2.14. The van der Waals surface area contributed by atoms with Crippen molar-refractivity contribution in [2.45, 2.75) is 32.7 Å². The van der Waals surface area contributed by atoms with Crippen LogP contribution in [0, 0.1) is 0 Å². The van der Waals surface area contributed by atoms with Crippen molar-refractivity contribution in [3.8, 4) is 0 Å². The zero-order chi connectivity index (χ0) is 12.6. The summed E-state index contributed by atoms with van der Waals surface area (Å²) in [5, 5.41) is 4.78. The zero-order valence-electron chi connectivity index (χ0n) is 9.99. The van der Waals surface area contributed by atoms with Crippen molar-refractivity contribution in [1.82, 2.24) is 9.78 Å². The Balaban J connectivity index is 2.87. The molecule has 0 aliphatic carbocycles. The number of hydrogen-bond acceptors (Lipinski definition) is 3. The number of hydrogen-bond donors (Lipinski definition) is 0. The van der Waals surface area contributed by atoms with Gasteiger partial charge in [0, 0.05) is 11.7 Å². The van der Waals surface area contributed by atoms with Gasteiger partial charge in [-0.1, -0.05) is 32.4 Å². The van der Waals surface area contributed by atoms with Gasteiger partial charge >= 0.3 is 0 Å². The van der Waals surface area contributed by atoms with E-state index in [1.807, 2.05) is 20.8 Å². The number of rotatable bonds is 3. The van der Waals surface area contributed by atoms with Gasteiger partial charge in [0.15, 0.2) is 0 Å². The van der Waals surface area contributed by atoms with E-state index in [1.165, 1.54) is 10.9 Å². The van der Waals surface area contributed by atoms with E-state index in [0.717, 1.165) is 5.69 Å². The molecule has 0 radical (unpaired) electrons. The van der Waals surface area contributed by atoms with E-state index in [4.69, 9.17) is 11.6 Å². The van der Waals surface area contributed by atoms with E-state index < -0.39 is 9.84 Å². The second-order valence-electron chi connectivity index (χ2n) is 4.96. The molecule has 4 nitrogen and oxygen atoms in total. The van der Waals surface area contributed by atoms with Crippen molar-refractivity contribution >= 4 is 21.4 Å². The van der Waals surface area contributed by atoms with Gasteiger partial charge in [-0.05, 0) is 6.07 Å². The first kappa shape index (κ1) is 13.5. The Morgan fingerprint density at radius 1 is 1.44 bits per heavy atom. The molecule has 92 valence electrons. The summed E-state index contributed by atoms with van der Waals surface area (Å²) in [7, 11) is -2.98. The molecule has 6 heteroatoms. The molecule has 1 aromatic rings. The quantitative estimate of drug-likeness (QED) is 0.838. The van der Waals surface area contributed by atoms with E-state index in [0.29, 0.717) is 11.7 Å². The molecule has 0 spiro atoms. The van der Waals surface area contributed by atoms with Gasteiger partial charge in [-0.15, -0.1) is 0 Å². The third kappa shape index (κ3) is 3.79. The van der Waals surface area contributed by atoms with Gasteiger partial charge in [-0.25, -0.2) is 8.42 Å². The molecule has 0 aliphatic rings. The van der Waals surface area contributed by atoms with Crippen molar-refractivity contribution in [1.29, 1.82) is 0 Å². The van der Waals surface area contributed by atoms with Crippen LogP contribution in [0.4, 0.5) is 0 Å². The monoisotopic (exact) mass is 264 g/mol. The number of aromatic nitrogens is 2. The average molecular weight is 265 g/mol. The predicted octanol–water partition coefficient (Wildman–Crippen LogP) is 1.88. The molecule has 0 atom stereocenters. The van der Waals surface area contributed by atoms with Crippen molar-refractivity contribution in [2.75, 3.05) is 12.0 Å². The molecule has 16 heavy (non-hydrogen) atoms. The molecule has 0 saturated carbocycles. The maximum absolute atomic E-state index is 11.0. The standard InChI is InChI=1S/C10H17ClN2O2S/c1-10(2,3)8-7-9(11)13(12-8)5-6-16(4,14)15/h7H,5-6H2,1-4H3. The Bertz CT molecular complexity index is 471. The van der Waals surface area contributed by atoms with Crippen molar-refractivity contribution < 1.29 is 8.42 Å². The van der Waals surface area contributed by atoms with Crippen LogP contribution in [0.25, 0.3) is 0 Å². The predicted molar refractivity (Wildman–Crippen MR) is 65.6 cm³/mol. The minimum Gasteiger partial charge on any atom is -0.253 e. The van der Waals surface area contributed by atoms with Crippen LogP contribution in [-0.4, -0.2) is 30.2 Å². The fourth-order valence-electron chi connectivity index (χ4n) is 1.17. The fraction of sp³-hybridized carbons (Fsp3) is 0.700. The van der Waals surface area contributed by atoms with Crippen LogP contribution >= 0.6 is 11.6 Å². The molecule has 1 heterocycles. The Hall–Kier alpha value is -0.550. The van der Waals surface area contributed by atoms with E-state index in [2.05, 4.69) is 5.10 Å². The van der Waals surface area contributed by atoms with Crippen LogP contribution < -0.4 is 0 Å². The van der Waals surface area contributed by atoms with E-state index >= 15 is 0 Å². The van der Waals surface area contributed by atoms with Crippen molar-refractivity contribution in [2.24, 2.45) is 0 Å². The highest BCUT2D eigenvalue weighted by Gasteiger charge is 2.19. The van der Waals surface area contributed by atoms with Crippen LogP contribution in [0.3, 0.4) is 0 Å². The highest BCUT2D eigenvalue weighted by molar-refractivity contribution is 7.90. The Labute approximate surface area is 102 Å². The molecule has 1 aromatic heterocycles. The SMILES string of the molecule is CC(C)(C)c1cc(Cl)n(CCS(C)(=O)=O)n1. The number of halogens is 1. The molecular formula is C10H17ClN2O2S. The molecule has 0 amide bonds. The summed E-state index contributed by atoms with van der Waals surface area (Å²) in [5.41, 5.74) is 0.783. The van der Waals surface area contributed by atoms with Gasteiger partial charge in [-0.2, -0.15) is 5.10 Å².